The van der Waals surface area contributed by atoms with Crippen LogP contribution in [0.1, 0.15) is 40.7 Å². The Balaban J connectivity index is 1.87. The molecule has 7 nitrogen and oxygen atoms in total. The molecule has 0 saturated carbocycles. The van der Waals surface area contributed by atoms with E-state index in [4.69, 9.17) is 4.42 Å². The second kappa shape index (κ2) is 5.91. The van der Waals surface area contributed by atoms with Gasteiger partial charge in [-0.1, -0.05) is 0 Å². The fourth-order valence-corrected chi connectivity index (χ4v) is 3.11. The normalized spacial score (nSPS) is 21.5. The molecule has 0 radical (unpaired) electrons. The van der Waals surface area contributed by atoms with Gasteiger partial charge >= 0.3 is 0 Å². The lowest BCUT2D eigenvalue weighted by atomic mass is 9.93. The van der Waals surface area contributed by atoms with Crippen molar-refractivity contribution in [3.8, 4) is 0 Å². The third-order valence-electron chi connectivity index (χ3n) is 4.44. The van der Waals surface area contributed by atoms with Crippen LogP contribution in [0.5, 0.6) is 0 Å². The lowest BCUT2D eigenvalue weighted by molar-refractivity contribution is -0.136. The largest absolute Gasteiger partial charge is 0.469 e. The van der Waals surface area contributed by atoms with Crippen LogP contribution in [0.3, 0.4) is 0 Å². The number of aromatic nitrogens is 2. The highest BCUT2D eigenvalue weighted by Gasteiger charge is 2.37. The molecule has 2 aromatic heterocycles. The zero-order valence-corrected chi connectivity index (χ0v) is 13.4. The lowest BCUT2D eigenvalue weighted by Gasteiger charge is -2.39. The van der Waals surface area contributed by atoms with Crippen molar-refractivity contribution >= 4 is 11.8 Å². The third kappa shape index (κ3) is 2.74. The topological polar surface area (TPSA) is 80.4 Å². The van der Waals surface area contributed by atoms with E-state index < -0.39 is 0 Å². The van der Waals surface area contributed by atoms with Gasteiger partial charge in [0, 0.05) is 20.5 Å². The molecule has 23 heavy (non-hydrogen) atoms. The van der Waals surface area contributed by atoms with Gasteiger partial charge in [-0.25, -0.2) is 4.98 Å². The van der Waals surface area contributed by atoms with Crippen molar-refractivity contribution in [2.24, 2.45) is 7.05 Å². The number of imidazole rings is 1. The zero-order chi connectivity index (χ0) is 16.6. The summed E-state index contributed by atoms with van der Waals surface area (Å²) in [7, 11) is 3.65. The molecular formula is C16H20N4O3. The van der Waals surface area contributed by atoms with Crippen molar-refractivity contribution in [2.75, 3.05) is 7.05 Å². The summed E-state index contributed by atoms with van der Waals surface area (Å²) >= 11 is 0. The summed E-state index contributed by atoms with van der Waals surface area (Å²) < 4.78 is 7.07. The van der Waals surface area contributed by atoms with E-state index in [1.54, 1.807) is 37.5 Å². The van der Waals surface area contributed by atoms with Gasteiger partial charge in [0.25, 0.3) is 5.91 Å². The second-order valence-corrected chi connectivity index (χ2v) is 5.89. The van der Waals surface area contributed by atoms with Crippen LogP contribution in [0.4, 0.5) is 0 Å². The first-order valence-corrected chi connectivity index (χ1v) is 7.56. The highest BCUT2D eigenvalue weighted by molar-refractivity contribution is 5.95. The summed E-state index contributed by atoms with van der Waals surface area (Å²) in [5, 5.41) is 3.04. The van der Waals surface area contributed by atoms with E-state index >= 15 is 0 Å². The standard InChI is InChI=1S/C16H20N4O3/c1-10-11(6-7-23-10)16(22)18-12-4-5-14(21)20(3)15(12)13-8-17-9-19(13)2/h6-9,12,15H,4-5H2,1-3H3,(H,18,22)/t12-,15-/m1/s1. The Morgan fingerprint density at radius 2 is 2.22 bits per heavy atom. The summed E-state index contributed by atoms with van der Waals surface area (Å²) in [4.78, 5) is 30.4. The average Bonchev–Trinajstić information content (AvgIpc) is 3.12. The summed E-state index contributed by atoms with van der Waals surface area (Å²) in [6, 6.07) is 1.25. The number of carbonyl (C=O) groups excluding carboxylic acids is 2. The van der Waals surface area contributed by atoms with E-state index in [1.807, 2.05) is 11.6 Å². The van der Waals surface area contributed by atoms with Crippen molar-refractivity contribution in [3.05, 3.63) is 41.9 Å². The van der Waals surface area contributed by atoms with Crippen molar-refractivity contribution in [1.82, 2.24) is 19.8 Å². The number of carbonyl (C=O) groups is 2. The average molecular weight is 316 g/mol. The van der Waals surface area contributed by atoms with Crippen LogP contribution in [0.2, 0.25) is 0 Å². The molecule has 3 heterocycles. The van der Waals surface area contributed by atoms with Gasteiger partial charge in [-0.05, 0) is 19.4 Å². The number of piperidine rings is 1. The molecule has 3 rings (SSSR count). The quantitative estimate of drug-likeness (QED) is 0.928. The predicted octanol–water partition coefficient (Wildman–Crippen LogP) is 1.41. The molecule has 1 saturated heterocycles. The highest BCUT2D eigenvalue weighted by Crippen LogP contribution is 2.30. The number of hydrogen-bond donors (Lipinski definition) is 1. The third-order valence-corrected chi connectivity index (χ3v) is 4.44. The minimum absolute atomic E-state index is 0.0705. The van der Waals surface area contributed by atoms with Gasteiger partial charge in [-0.15, -0.1) is 0 Å². The molecule has 122 valence electrons. The maximum atomic E-state index is 12.5. The van der Waals surface area contributed by atoms with Crippen LogP contribution in [0.15, 0.2) is 29.3 Å². The number of rotatable bonds is 3. The number of likely N-dealkylation sites (tertiary alicyclic amines) is 1. The van der Waals surface area contributed by atoms with Gasteiger partial charge in [0.1, 0.15) is 5.76 Å². The fourth-order valence-electron chi connectivity index (χ4n) is 3.11. The van der Waals surface area contributed by atoms with Crippen molar-refractivity contribution in [1.29, 1.82) is 0 Å². The molecule has 0 spiro atoms. The molecule has 1 fully saturated rings. The molecule has 2 amide bonds. The van der Waals surface area contributed by atoms with Gasteiger partial charge in [-0.2, -0.15) is 0 Å². The van der Waals surface area contributed by atoms with E-state index in [1.165, 1.54) is 6.26 Å². The molecule has 1 aliphatic rings. The van der Waals surface area contributed by atoms with Gasteiger partial charge in [0.15, 0.2) is 0 Å². The Hall–Kier alpha value is -2.57. The Morgan fingerprint density at radius 1 is 1.43 bits per heavy atom. The molecule has 1 N–H and O–H groups in total. The zero-order valence-electron chi connectivity index (χ0n) is 13.4. The molecule has 7 heteroatoms. The Labute approximate surface area is 134 Å². The van der Waals surface area contributed by atoms with Gasteiger partial charge in [-0.3, -0.25) is 9.59 Å². The molecule has 1 aliphatic heterocycles. The molecule has 2 aromatic rings. The van der Waals surface area contributed by atoms with E-state index in [0.29, 0.717) is 24.2 Å². The summed E-state index contributed by atoms with van der Waals surface area (Å²) in [5.41, 5.74) is 1.42. The second-order valence-electron chi connectivity index (χ2n) is 5.89. The molecule has 0 aromatic carbocycles. The maximum absolute atomic E-state index is 12.5. The number of hydrogen-bond acceptors (Lipinski definition) is 4. The fraction of sp³-hybridized carbons (Fsp3) is 0.438. The van der Waals surface area contributed by atoms with Gasteiger partial charge in [0.2, 0.25) is 5.91 Å². The lowest BCUT2D eigenvalue weighted by Crippen LogP contribution is -2.51. The monoisotopic (exact) mass is 316 g/mol. The molecule has 2 atom stereocenters. The molecular weight excluding hydrogens is 296 g/mol. The minimum Gasteiger partial charge on any atom is -0.469 e. The minimum atomic E-state index is -0.236. The van der Waals surface area contributed by atoms with E-state index in [0.717, 1.165) is 5.69 Å². The van der Waals surface area contributed by atoms with E-state index in [2.05, 4.69) is 10.3 Å². The number of furan rings is 1. The molecule has 0 bridgehead atoms. The first-order valence-electron chi connectivity index (χ1n) is 7.56. The molecule has 0 unspecified atom stereocenters. The highest BCUT2D eigenvalue weighted by atomic mass is 16.3. The number of nitrogens with zero attached hydrogens (tertiary/aromatic N) is 3. The maximum Gasteiger partial charge on any atom is 0.255 e. The van der Waals surface area contributed by atoms with Crippen molar-refractivity contribution in [2.45, 2.75) is 31.8 Å². The van der Waals surface area contributed by atoms with Crippen LogP contribution < -0.4 is 5.32 Å². The number of nitrogens with one attached hydrogen (secondary N) is 1. The van der Waals surface area contributed by atoms with Gasteiger partial charge in [0.05, 0.1) is 42.1 Å². The predicted molar refractivity (Wildman–Crippen MR) is 82.7 cm³/mol. The molecule has 0 aliphatic carbocycles. The Bertz CT molecular complexity index is 733. The van der Waals surface area contributed by atoms with Crippen LogP contribution >= 0.6 is 0 Å². The summed E-state index contributed by atoms with van der Waals surface area (Å²) in [6.45, 7) is 1.75. The van der Waals surface area contributed by atoms with Crippen LogP contribution in [0, 0.1) is 6.92 Å². The summed E-state index contributed by atoms with van der Waals surface area (Å²) in [6.07, 6.45) is 5.95. The number of likely N-dealkylation sites (N-methyl/N-ethyl adjacent to an activating group) is 1. The number of aryl methyl sites for hydroxylation is 2. The number of amides is 2. The SMILES string of the molecule is Cc1occc1C(=O)N[C@@H]1CCC(=O)N(C)[C@H]1c1cncn1C. The van der Waals surface area contributed by atoms with Crippen LogP contribution in [-0.2, 0) is 11.8 Å². The van der Waals surface area contributed by atoms with Crippen molar-refractivity contribution < 1.29 is 14.0 Å². The Kier molecular flexibility index (Phi) is 3.94. The summed E-state index contributed by atoms with van der Waals surface area (Å²) in [5.74, 6) is 0.470. The Morgan fingerprint density at radius 3 is 2.83 bits per heavy atom. The van der Waals surface area contributed by atoms with Gasteiger partial charge < -0.3 is 19.2 Å². The van der Waals surface area contributed by atoms with E-state index in [9.17, 15) is 9.59 Å². The van der Waals surface area contributed by atoms with E-state index in [-0.39, 0.29) is 23.9 Å². The first kappa shape index (κ1) is 15.3. The van der Waals surface area contributed by atoms with Crippen LogP contribution in [0.25, 0.3) is 0 Å². The van der Waals surface area contributed by atoms with Crippen molar-refractivity contribution in [3.63, 3.8) is 0 Å². The van der Waals surface area contributed by atoms with Crippen LogP contribution in [-0.4, -0.2) is 39.4 Å². The first-order chi connectivity index (χ1) is 11.0. The smallest absolute Gasteiger partial charge is 0.255 e.